The van der Waals surface area contributed by atoms with Gasteiger partial charge in [0.05, 0.1) is 12.2 Å². The topological polar surface area (TPSA) is 66.8 Å². The zero-order chi connectivity index (χ0) is 21.4. The maximum Gasteiger partial charge on any atom is 0.264 e. The van der Waals surface area contributed by atoms with Gasteiger partial charge in [0.2, 0.25) is 0 Å². The molecule has 1 unspecified atom stereocenters. The number of aryl methyl sites for hydroxylation is 1. The number of carbonyl (C=O) groups excluding carboxylic acids is 2. The van der Waals surface area contributed by atoms with Crippen molar-refractivity contribution >= 4 is 17.4 Å². The smallest absolute Gasteiger partial charge is 0.264 e. The average molecular weight is 395 g/mol. The predicted molar refractivity (Wildman–Crippen MR) is 113 cm³/mol. The Labute approximate surface area is 172 Å². The summed E-state index contributed by atoms with van der Waals surface area (Å²) in [5.41, 5.74) is 1.54. The van der Waals surface area contributed by atoms with E-state index in [0.29, 0.717) is 11.3 Å². The van der Waals surface area contributed by atoms with E-state index in [-0.39, 0.29) is 30.8 Å². The number of hydrogen-bond donors (Lipinski definition) is 1. The summed E-state index contributed by atoms with van der Waals surface area (Å²) in [4.78, 5) is 26.2. The molecule has 2 aromatic carbocycles. The van der Waals surface area contributed by atoms with E-state index in [9.17, 15) is 14.7 Å². The second kappa shape index (κ2) is 7.64. The van der Waals surface area contributed by atoms with Gasteiger partial charge in [0.25, 0.3) is 5.91 Å². The molecule has 29 heavy (non-hydrogen) atoms. The Balaban J connectivity index is 1.74. The SMILES string of the molecule is CC(=O)CC1(O)C(=O)N(CCOc2ccc(C(C)(C)C)cc2)c2ccc(C)cc21. The van der Waals surface area contributed by atoms with Crippen LogP contribution in [-0.2, 0) is 20.6 Å². The summed E-state index contributed by atoms with van der Waals surface area (Å²) in [6, 6.07) is 13.4. The second-order valence-electron chi connectivity index (χ2n) is 8.84. The maximum absolute atomic E-state index is 13.0. The minimum atomic E-state index is -1.80. The Morgan fingerprint density at radius 3 is 2.38 bits per heavy atom. The highest BCUT2D eigenvalue weighted by Crippen LogP contribution is 2.42. The number of amides is 1. The van der Waals surface area contributed by atoms with Gasteiger partial charge in [-0.3, -0.25) is 9.59 Å². The van der Waals surface area contributed by atoms with Gasteiger partial charge in [0.15, 0.2) is 5.60 Å². The molecule has 0 bridgehead atoms. The van der Waals surface area contributed by atoms with Gasteiger partial charge < -0.3 is 14.7 Å². The fraction of sp³-hybridized carbons (Fsp3) is 0.417. The van der Waals surface area contributed by atoms with Crippen molar-refractivity contribution in [3.05, 3.63) is 59.2 Å². The van der Waals surface area contributed by atoms with Gasteiger partial charge in [-0.1, -0.05) is 50.6 Å². The zero-order valence-electron chi connectivity index (χ0n) is 17.8. The molecule has 0 aromatic heterocycles. The summed E-state index contributed by atoms with van der Waals surface area (Å²) >= 11 is 0. The molecular formula is C24H29NO4. The molecule has 1 amide bonds. The largest absolute Gasteiger partial charge is 0.492 e. The number of ether oxygens (including phenoxy) is 1. The third-order valence-electron chi connectivity index (χ3n) is 5.30. The molecule has 0 saturated heterocycles. The van der Waals surface area contributed by atoms with Crippen LogP contribution in [-0.4, -0.2) is 29.9 Å². The zero-order valence-corrected chi connectivity index (χ0v) is 17.8. The van der Waals surface area contributed by atoms with Crippen LogP contribution in [0.15, 0.2) is 42.5 Å². The lowest BCUT2D eigenvalue weighted by atomic mass is 9.87. The van der Waals surface area contributed by atoms with E-state index in [1.807, 2.05) is 43.3 Å². The van der Waals surface area contributed by atoms with E-state index in [0.717, 1.165) is 11.3 Å². The third kappa shape index (κ3) is 4.20. The Morgan fingerprint density at radius 1 is 1.14 bits per heavy atom. The van der Waals surface area contributed by atoms with Gasteiger partial charge in [-0.15, -0.1) is 0 Å². The molecule has 154 valence electrons. The van der Waals surface area contributed by atoms with E-state index in [2.05, 4.69) is 20.8 Å². The van der Waals surface area contributed by atoms with Crippen LogP contribution in [0.3, 0.4) is 0 Å². The summed E-state index contributed by atoms with van der Waals surface area (Å²) < 4.78 is 5.83. The molecule has 0 aliphatic carbocycles. The number of rotatable bonds is 6. The Bertz CT molecular complexity index is 927. The Hall–Kier alpha value is -2.66. The Morgan fingerprint density at radius 2 is 1.79 bits per heavy atom. The van der Waals surface area contributed by atoms with Crippen molar-refractivity contribution in [1.29, 1.82) is 0 Å². The van der Waals surface area contributed by atoms with Gasteiger partial charge in [-0.05, 0) is 43.0 Å². The predicted octanol–water partition coefficient (Wildman–Crippen LogP) is 3.88. The monoisotopic (exact) mass is 395 g/mol. The summed E-state index contributed by atoms with van der Waals surface area (Å²) in [7, 11) is 0. The molecule has 5 heteroatoms. The lowest BCUT2D eigenvalue weighted by molar-refractivity contribution is -0.141. The van der Waals surface area contributed by atoms with E-state index in [1.165, 1.54) is 17.4 Å². The van der Waals surface area contributed by atoms with Crippen molar-refractivity contribution in [3.8, 4) is 5.75 Å². The summed E-state index contributed by atoms with van der Waals surface area (Å²) in [6.45, 7) is 10.3. The van der Waals surface area contributed by atoms with Gasteiger partial charge in [0.1, 0.15) is 18.1 Å². The van der Waals surface area contributed by atoms with Crippen molar-refractivity contribution in [2.24, 2.45) is 0 Å². The van der Waals surface area contributed by atoms with Crippen LogP contribution < -0.4 is 9.64 Å². The van der Waals surface area contributed by atoms with Gasteiger partial charge >= 0.3 is 0 Å². The number of hydrogen-bond acceptors (Lipinski definition) is 4. The highest BCUT2D eigenvalue weighted by atomic mass is 16.5. The first kappa shape index (κ1) is 21.1. The minimum absolute atomic E-state index is 0.0729. The maximum atomic E-state index is 13.0. The van der Waals surface area contributed by atoms with Crippen LogP contribution in [0, 0.1) is 6.92 Å². The third-order valence-corrected chi connectivity index (χ3v) is 5.30. The van der Waals surface area contributed by atoms with Crippen LogP contribution in [0.25, 0.3) is 0 Å². The number of anilines is 1. The van der Waals surface area contributed by atoms with Crippen LogP contribution in [0.1, 0.15) is 50.8 Å². The normalized spacial score (nSPS) is 18.7. The number of aliphatic hydroxyl groups is 1. The van der Waals surface area contributed by atoms with Crippen molar-refractivity contribution in [2.45, 2.75) is 52.1 Å². The molecule has 1 heterocycles. The van der Waals surface area contributed by atoms with Crippen molar-refractivity contribution in [1.82, 2.24) is 0 Å². The number of nitrogens with zero attached hydrogens (tertiary/aromatic N) is 1. The molecule has 0 spiro atoms. The van der Waals surface area contributed by atoms with Crippen LogP contribution in [0.5, 0.6) is 5.75 Å². The van der Waals surface area contributed by atoms with E-state index >= 15 is 0 Å². The lowest BCUT2D eigenvalue weighted by Crippen LogP contribution is -2.43. The first-order valence-electron chi connectivity index (χ1n) is 9.90. The average Bonchev–Trinajstić information content (AvgIpc) is 2.82. The number of Topliss-reactive ketones (excluding diaryl/α,β-unsaturated/α-hetero) is 1. The van der Waals surface area contributed by atoms with Gasteiger partial charge in [-0.25, -0.2) is 0 Å². The molecule has 1 N–H and O–H groups in total. The first-order chi connectivity index (χ1) is 13.5. The number of benzene rings is 2. The van der Waals surface area contributed by atoms with Gasteiger partial charge in [-0.2, -0.15) is 0 Å². The number of fused-ring (bicyclic) bond motifs is 1. The van der Waals surface area contributed by atoms with Crippen molar-refractivity contribution < 1.29 is 19.4 Å². The quantitative estimate of drug-likeness (QED) is 0.806. The summed E-state index contributed by atoms with van der Waals surface area (Å²) in [5, 5.41) is 11.0. The molecule has 1 aliphatic rings. The molecule has 5 nitrogen and oxygen atoms in total. The lowest BCUT2D eigenvalue weighted by Gasteiger charge is -2.22. The minimum Gasteiger partial charge on any atom is -0.492 e. The molecule has 1 aliphatic heterocycles. The fourth-order valence-corrected chi connectivity index (χ4v) is 3.72. The summed E-state index contributed by atoms with van der Waals surface area (Å²) in [6.07, 6.45) is -0.228. The standard InChI is InChI=1S/C24H29NO4/c1-16-6-11-21-20(14-16)24(28,15-17(2)26)22(27)25(21)12-13-29-19-9-7-18(8-10-19)23(3,4)5/h6-11,14,28H,12-13,15H2,1-5H3. The highest BCUT2D eigenvalue weighted by Gasteiger charge is 2.50. The molecule has 0 radical (unpaired) electrons. The summed E-state index contributed by atoms with van der Waals surface area (Å²) in [5.74, 6) is 0.0260. The Kier molecular flexibility index (Phi) is 5.54. The fourth-order valence-electron chi connectivity index (χ4n) is 3.72. The molecular weight excluding hydrogens is 366 g/mol. The molecule has 3 rings (SSSR count). The van der Waals surface area contributed by atoms with Crippen LogP contribution in [0.2, 0.25) is 0 Å². The molecule has 2 aromatic rings. The van der Waals surface area contributed by atoms with E-state index < -0.39 is 11.5 Å². The van der Waals surface area contributed by atoms with E-state index in [1.54, 1.807) is 6.07 Å². The number of ketones is 1. The van der Waals surface area contributed by atoms with Crippen LogP contribution in [0.4, 0.5) is 5.69 Å². The van der Waals surface area contributed by atoms with E-state index in [4.69, 9.17) is 4.74 Å². The first-order valence-corrected chi connectivity index (χ1v) is 9.90. The van der Waals surface area contributed by atoms with Crippen LogP contribution >= 0.6 is 0 Å². The molecule has 0 fully saturated rings. The highest BCUT2D eigenvalue weighted by molar-refractivity contribution is 6.08. The van der Waals surface area contributed by atoms with Crippen molar-refractivity contribution in [2.75, 3.05) is 18.1 Å². The second-order valence-corrected chi connectivity index (χ2v) is 8.84. The molecule has 1 atom stereocenters. The number of carbonyl (C=O) groups is 2. The van der Waals surface area contributed by atoms with Gasteiger partial charge in [0, 0.05) is 12.0 Å². The molecule has 0 saturated carbocycles. The van der Waals surface area contributed by atoms with Crippen molar-refractivity contribution in [3.63, 3.8) is 0 Å².